The molecule has 2 rings (SSSR count). The highest BCUT2D eigenvalue weighted by molar-refractivity contribution is 5.07. The van der Waals surface area contributed by atoms with Crippen LogP contribution in [0.5, 0.6) is 0 Å². The smallest absolute Gasteiger partial charge is 0.0316 e. The molecule has 2 nitrogen and oxygen atoms in total. The van der Waals surface area contributed by atoms with Gasteiger partial charge in [-0.2, -0.15) is 0 Å². The molecule has 2 aliphatic carbocycles. The third-order valence-corrected chi connectivity index (χ3v) is 4.50. The third kappa shape index (κ3) is 3.16. The molecule has 2 heteroatoms. The first-order chi connectivity index (χ1) is 8.26. The van der Waals surface area contributed by atoms with Crippen LogP contribution in [0.1, 0.15) is 59.8 Å². The molecule has 0 aliphatic heterocycles. The monoisotopic (exact) mass is 250 g/mol. The Morgan fingerprint density at radius 1 is 1.00 bits per heavy atom. The van der Waals surface area contributed by atoms with Crippen LogP contribution in [0.3, 0.4) is 0 Å². The van der Waals surface area contributed by atoms with Crippen molar-refractivity contribution in [1.82, 2.24) is 5.32 Å². The lowest BCUT2D eigenvalue weighted by atomic mass is 9.58. The first-order valence-corrected chi connectivity index (χ1v) is 7.39. The molecule has 1 fully saturated rings. The van der Waals surface area contributed by atoms with E-state index >= 15 is 0 Å². The van der Waals surface area contributed by atoms with E-state index in [4.69, 9.17) is 5.73 Å². The van der Waals surface area contributed by atoms with Crippen LogP contribution < -0.4 is 11.1 Å². The van der Waals surface area contributed by atoms with Gasteiger partial charge < -0.3 is 11.1 Å². The van der Waals surface area contributed by atoms with Gasteiger partial charge in [0.05, 0.1) is 0 Å². The summed E-state index contributed by atoms with van der Waals surface area (Å²) in [4.78, 5) is 0. The standard InChI is InChI=1S/C16H30N2/c1-14(2)9-15(3,4)11-16(10-14,12-17)18-13-7-5-6-8-13/h5-6,13,18H,7-12,17H2,1-4H3. The van der Waals surface area contributed by atoms with Gasteiger partial charge in [0.1, 0.15) is 0 Å². The van der Waals surface area contributed by atoms with Crippen molar-refractivity contribution in [2.24, 2.45) is 16.6 Å². The van der Waals surface area contributed by atoms with Crippen molar-refractivity contribution in [2.75, 3.05) is 6.54 Å². The van der Waals surface area contributed by atoms with Crippen LogP contribution in [0.2, 0.25) is 0 Å². The number of hydrogen-bond acceptors (Lipinski definition) is 2. The highest BCUT2D eigenvalue weighted by Gasteiger charge is 2.47. The molecule has 3 N–H and O–H groups in total. The molecule has 0 amide bonds. The Labute approximate surface area is 112 Å². The largest absolute Gasteiger partial charge is 0.329 e. The number of rotatable bonds is 3. The summed E-state index contributed by atoms with van der Waals surface area (Å²) < 4.78 is 0. The van der Waals surface area contributed by atoms with E-state index in [0.29, 0.717) is 16.9 Å². The van der Waals surface area contributed by atoms with Gasteiger partial charge in [-0.3, -0.25) is 0 Å². The molecule has 2 aliphatic rings. The average molecular weight is 250 g/mol. The Morgan fingerprint density at radius 3 is 1.94 bits per heavy atom. The zero-order chi connectivity index (χ0) is 13.4. The topological polar surface area (TPSA) is 38.0 Å². The second kappa shape index (κ2) is 4.64. The molecule has 0 bridgehead atoms. The fourth-order valence-electron chi connectivity index (χ4n) is 4.79. The van der Waals surface area contributed by atoms with Gasteiger partial charge in [-0.1, -0.05) is 39.8 Å². The van der Waals surface area contributed by atoms with Crippen LogP contribution in [0.4, 0.5) is 0 Å². The molecule has 0 saturated heterocycles. The summed E-state index contributed by atoms with van der Waals surface area (Å²) in [5, 5.41) is 3.90. The second-order valence-electron chi connectivity index (χ2n) is 8.13. The van der Waals surface area contributed by atoms with Crippen molar-refractivity contribution in [3.8, 4) is 0 Å². The van der Waals surface area contributed by atoms with E-state index < -0.39 is 0 Å². The highest BCUT2D eigenvalue weighted by Crippen LogP contribution is 2.50. The van der Waals surface area contributed by atoms with Crippen molar-refractivity contribution < 1.29 is 0 Å². The van der Waals surface area contributed by atoms with Crippen LogP contribution in [0.15, 0.2) is 12.2 Å². The Hall–Kier alpha value is -0.340. The highest BCUT2D eigenvalue weighted by atomic mass is 15.0. The zero-order valence-corrected chi connectivity index (χ0v) is 12.6. The van der Waals surface area contributed by atoms with Gasteiger partial charge in [0.2, 0.25) is 0 Å². The predicted molar refractivity (Wildman–Crippen MR) is 78.5 cm³/mol. The van der Waals surface area contributed by atoms with Crippen molar-refractivity contribution in [2.45, 2.75) is 71.4 Å². The molecule has 18 heavy (non-hydrogen) atoms. The fraction of sp³-hybridized carbons (Fsp3) is 0.875. The molecule has 0 heterocycles. The van der Waals surface area contributed by atoms with Gasteiger partial charge in [-0.25, -0.2) is 0 Å². The molecule has 104 valence electrons. The van der Waals surface area contributed by atoms with Gasteiger partial charge in [-0.15, -0.1) is 0 Å². The summed E-state index contributed by atoms with van der Waals surface area (Å²) in [6, 6.07) is 0.609. The molecular formula is C16H30N2. The van der Waals surface area contributed by atoms with E-state index in [1.54, 1.807) is 0 Å². The zero-order valence-electron chi connectivity index (χ0n) is 12.6. The molecule has 0 unspecified atom stereocenters. The molecule has 0 spiro atoms. The molecule has 0 aromatic rings. The summed E-state index contributed by atoms with van der Waals surface area (Å²) in [5.41, 5.74) is 7.09. The van der Waals surface area contributed by atoms with Crippen molar-refractivity contribution in [1.29, 1.82) is 0 Å². The van der Waals surface area contributed by atoms with E-state index in [1.807, 2.05) is 0 Å². The maximum absolute atomic E-state index is 6.18. The average Bonchev–Trinajstić information content (AvgIpc) is 2.65. The van der Waals surface area contributed by atoms with Crippen LogP contribution in [-0.2, 0) is 0 Å². The second-order valence-corrected chi connectivity index (χ2v) is 8.13. The number of hydrogen-bond donors (Lipinski definition) is 2. The van der Waals surface area contributed by atoms with E-state index in [-0.39, 0.29) is 5.54 Å². The molecule has 1 saturated carbocycles. The molecular weight excluding hydrogens is 220 g/mol. The maximum atomic E-state index is 6.18. The number of nitrogens with two attached hydrogens (primary N) is 1. The first kappa shape index (κ1) is 14.1. The summed E-state index contributed by atoms with van der Waals surface area (Å²) in [6.07, 6.45) is 10.6. The van der Waals surface area contributed by atoms with E-state index in [9.17, 15) is 0 Å². The summed E-state index contributed by atoms with van der Waals surface area (Å²) in [7, 11) is 0. The van der Waals surface area contributed by atoms with E-state index in [1.165, 1.54) is 32.1 Å². The Kier molecular flexibility index (Phi) is 3.63. The Morgan fingerprint density at radius 2 is 1.50 bits per heavy atom. The lowest BCUT2D eigenvalue weighted by molar-refractivity contribution is 0.0269. The summed E-state index contributed by atoms with van der Waals surface area (Å²) in [6.45, 7) is 10.3. The van der Waals surface area contributed by atoms with Crippen LogP contribution in [-0.4, -0.2) is 18.1 Å². The molecule has 0 aromatic carbocycles. The quantitative estimate of drug-likeness (QED) is 0.755. The molecule has 0 radical (unpaired) electrons. The lowest BCUT2D eigenvalue weighted by Gasteiger charge is -2.53. The van der Waals surface area contributed by atoms with Crippen LogP contribution in [0, 0.1) is 10.8 Å². The lowest BCUT2D eigenvalue weighted by Crippen LogP contribution is -2.61. The van der Waals surface area contributed by atoms with Gasteiger partial charge in [-0.05, 0) is 42.9 Å². The SMILES string of the molecule is CC1(C)CC(C)(C)CC(CN)(NC2CC=CC2)C1. The summed E-state index contributed by atoms with van der Waals surface area (Å²) in [5.74, 6) is 0. The number of nitrogens with one attached hydrogen (secondary N) is 1. The van der Waals surface area contributed by atoms with Crippen LogP contribution >= 0.6 is 0 Å². The molecule has 0 atom stereocenters. The fourth-order valence-corrected chi connectivity index (χ4v) is 4.79. The van der Waals surface area contributed by atoms with Gasteiger partial charge >= 0.3 is 0 Å². The first-order valence-electron chi connectivity index (χ1n) is 7.39. The van der Waals surface area contributed by atoms with Crippen molar-refractivity contribution >= 4 is 0 Å². The Bertz CT molecular complexity index is 304. The normalized spacial score (nSPS) is 29.6. The predicted octanol–water partition coefficient (Wildman–Crippen LogP) is 3.23. The van der Waals surface area contributed by atoms with Crippen molar-refractivity contribution in [3.05, 3.63) is 12.2 Å². The van der Waals surface area contributed by atoms with Crippen LogP contribution in [0.25, 0.3) is 0 Å². The summed E-state index contributed by atoms with van der Waals surface area (Å²) >= 11 is 0. The van der Waals surface area contributed by atoms with Crippen molar-refractivity contribution in [3.63, 3.8) is 0 Å². The minimum atomic E-state index is 0.141. The van der Waals surface area contributed by atoms with Gasteiger partial charge in [0.25, 0.3) is 0 Å². The minimum Gasteiger partial charge on any atom is -0.329 e. The molecule has 0 aromatic heterocycles. The van der Waals surface area contributed by atoms with E-state index in [0.717, 1.165) is 6.54 Å². The van der Waals surface area contributed by atoms with E-state index in [2.05, 4.69) is 45.2 Å². The Balaban J connectivity index is 2.14. The maximum Gasteiger partial charge on any atom is 0.0316 e. The minimum absolute atomic E-state index is 0.141. The van der Waals surface area contributed by atoms with Gasteiger partial charge in [0, 0.05) is 18.1 Å². The third-order valence-electron chi connectivity index (χ3n) is 4.50. The van der Waals surface area contributed by atoms with Gasteiger partial charge in [0.15, 0.2) is 0 Å².